The molecule has 1 rings (SSSR count). The first-order valence-corrected chi connectivity index (χ1v) is 4.29. The van der Waals surface area contributed by atoms with Crippen molar-refractivity contribution < 1.29 is 9.53 Å². The van der Waals surface area contributed by atoms with Gasteiger partial charge in [0.05, 0.1) is 25.5 Å². The van der Waals surface area contributed by atoms with Crippen LogP contribution in [-0.4, -0.2) is 13.1 Å². The number of rotatable bonds is 3. The first-order valence-electron chi connectivity index (χ1n) is 4.29. The van der Waals surface area contributed by atoms with Gasteiger partial charge < -0.3 is 4.74 Å². The molecule has 0 spiro atoms. The van der Waals surface area contributed by atoms with E-state index in [-0.39, 0.29) is 12.4 Å². The van der Waals surface area contributed by atoms with E-state index in [0.717, 1.165) is 5.56 Å². The van der Waals surface area contributed by atoms with Crippen molar-refractivity contribution in [3.63, 3.8) is 0 Å². The molecule has 0 bridgehead atoms. The van der Waals surface area contributed by atoms with Crippen LogP contribution in [0.15, 0.2) is 30.3 Å². The van der Waals surface area contributed by atoms with E-state index in [1.54, 1.807) is 0 Å². The topological polar surface area (TPSA) is 50.1 Å². The van der Waals surface area contributed by atoms with Crippen LogP contribution in [0, 0.1) is 11.3 Å². The number of carbonyl (C=O) groups is 1. The molecule has 0 amide bonds. The summed E-state index contributed by atoms with van der Waals surface area (Å²) in [4.78, 5) is 11.3. The molecule has 0 aromatic heterocycles. The number of hydrogen-bond donors (Lipinski definition) is 0. The molecule has 0 fully saturated rings. The number of nitrogens with zero attached hydrogens (tertiary/aromatic N) is 1. The predicted octanol–water partition coefficient (Wildman–Crippen LogP) is 1.86. The normalized spacial score (nSPS) is 11.4. The molecular weight excluding hydrogens is 178 g/mol. The largest absolute Gasteiger partial charge is 0.469 e. The molecule has 3 heteroatoms. The van der Waals surface area contributed by atoms with Crippen LogP contribution in [0.3, 0.4) is 0 Å². The van der Waals surface area contributed by atoms with Crippen LogP contribution in [-0.2, 0) is 9.53 Å². The summed E-state index contributed by atoms with van der Waals surface area (Å²) < 4.78 is 4.63. The number of carbonyl (C=O) groups excluding carboxylic acids is 1. The average molecular weight is 189 g/mol. The van der Waals surface area contributed by atoms with Gasteiger partial charge in [-0.2, -0.15) is 5.26 Å². The second kappa shape index (κ2) is 5.03. The standard InChI is InChI=1S/C11H11NO2/c1-14-11(13)10(7-8-12)9-5-3-2-4-6-9/h2-6,10H,7H2,1H3/t10-/m1/s1. The summed E-state index contributed by atoms with van der Waals surface area (Å²) >= 11 is 0. The van der Waals surface area contributed by atoms with Gasteiger partial charge in [0.2, 0.25) is 0 Å². The minimum atomic E-state index is -0.466. The van der Waals surface area contributed by atoms with Crippen LogP contribution in [0.1, 0.15) is 17.9 Å². The average Bonchev–Trinajstić information content (AvgIpc) is 2.26. The minimum Gasteiger partial charge on any atom is -0.469 e. The monoisotopic (exact) mass is 189 g/mol. The zero-order chi connectivity index (χ0) is 10.4. The molecular formula is C11H11NO2. The first-order chi connectivity index (χ1) is 6.79. The van der Waals surface area contributed by atoms with Gasteiger partial charge in [-0.15, -0.1) is 0 Å². The molecule has 0 radical (unpaired) electrons. The van der Waals surface area contributed by atoms with Gasteiger partial charge in [0.1, 0.15) is 0 Å². The zero-order valence-electron chi connectivity index (χ0n) is 7.93. The van der Waals surface area contributed by atoms with Gasteiger partial charge in [0, 0.05) is 0 Å². The molecule has 0 saturated heterocycles. The third-order valence-corrected chi connectivity index (χ3v) is 1.98. The molecule has 0 unspecified atom stereocenters. The van der Waals surface area contributed by atoms with E-state index in [2.05, 4.69) is 4.74 Å². The maximum absolute atomic E-state index is 11.3. The Labute approximate surface area is 82.9 Å². The highest BCUT2D eigenvalue weighted by atomic mass is 16.5. The lowest BCUT2D eigenvalue weighted by Gasteiger charge is -2.10. The van der Waals surface area contributed by atoms with Crippen molar-refractivity contribution in [2.75, 3.05) is 7.11 Å². The summed E-state index contributed by atoms with van der Waals surface area (Å²) in [5, 5.41) is 8.58. The van der Waals surface area contributed by atoms with Crippen molar-refractivity contribution in [1.29, 1.82) is 5.26 Å². The van der Waals surface area contributed by atoms with Crippen LogP contribution < -0.4 is 0 Å². The summed E-state index contributed by atoms with van der Waals surface area (Å²) in [6.07, 6.45) is 0.149. The molecule has 1 atom stereocenters. The van der Waals surface area contributed by atoms with Crippen molar-refractivity contribution in [2.24, 2.45) is 0 Å². The molecule has 0 aliphatic carbocycles. The van der Waals surface area contributed by atoms with Gasteiger partial charge in [0.25, 0.3) is 0 Å². The highest BCUT2D eigenvalue weighted by Gasteiger charge is 2.20. The van der Waals surface area contributed by atoms with E-state index in [0.29, 0.717) is 0 Å². The number of ether oxygens (including phenoxy) is 1. The Morgan fingerprint density at radius 1 is 1.50 bits per heavy atom. The fourth-order valence-electron chi connectivity index (χ4n) is 1.26. The maximum atomic E-state index is 11.3. The highest BCUT2D eigenvalue weighted by Crippen LogP contribution is 2.20. The van der Waals surface area contributed by atoms with Crippen molar-refractivity contribution in [3.8, 4) is 6.07 Å². The summed E-state index contributed by atoms with van der Waals surface area (Å²) in [5.41, 5.74) is 0.820. The van der Waals surface area contributed by atoms with Crippen molar-refractivity contribution in [3.05, 3.63) is 35.9 Å². The summed E-state index contributed by atoms with van der Waals surface area (Å²) in [6, 6.07) is 11.2. The Morgan fingerprint density at radius 3 is 2.64 bits per heavy atom. The molecule has 14 heavy (non-hydrogen) atoms. The molecule has 3 nitrogen and oxygen atoms in total. The molecule has 1 aromatic rings. The van der Waals surface area contributed by atoms with E-state index < -0.39 is 5.92 Å². The van der Waals surface area contributed by atoms with Crippen LogP contribution >= 0.6 is 0 Å². The molecule has 0 saturated carbocycles. The summed E-state index contributed by atoms with van der Waals surface area (Å²) in [7, 11) is 1.33. The molecule has 0 aliphatic heterocycles. The van der Waals surface area contributed by atoms with Gasteiger partial charge in [-0.25, -0.2) is 0 Å². The number of hydrogen-bond acceptors (Lipinski definition) is 3. The second-order valence-corrected chi connectivity index (χ2v) is 2.85. The van der Waals surface area contributed by atoms with Crippen LogP contribution in [0.4, 0.5) is 0 Å². The number of nitriles is 1. The van der Waals surface area contributed by atoms with Gasteiger partial charge in [-0.3, -0.25) is 4.79 Å². The fraction of sp³-hybridized carbons (Fsp3) is 0.273. The Balaban J connectivity index is 2.90. The quantitative estimate of drug-likeness (QED) is 0.682. The Hall–Kier alpha value is -1.82. The van der Waals surface area contributed by atoms with Crippen molar-refractivity contribution >= 4 is 5.97 Å². The number of esters is 1. The highest BCUT2D eigenvalue weighted by molar-refractivity contribution is 5.78. The van der Waals surface area contributed by atoms with Gasteiger partial charge in [-0.05, 0) is 5.56 Å². The lowest BCUT2D eigenvalue weighted by Crippen LogP contribution is -2.13. The number of benzene rings is 1. The predicted molar refractivity (Wildman–Crippen MR) is 51.4 cm³/mol. The van der Waals surface area contributed by atoms with Gasteiger partial charge >= 0.3 is 5.97 Å². The Bertz CT molecular complexity index is 340. The van der Waals surface area contributed by atoms with Crippen LogP contribution in [0.2, 0.25) is 0 Å². The molecule has 1 aromatic carbocycles. The SMILES string of the molecule is COC(=O)[C@H](CC#N)c1ccccc1. The summed E-state index contributed by atoms with van der Waals surface area (Å²) in [6.45, 7) is 0. The zero-order valence-corrected chi connectivity index (χ0v) is 7.93. The van der Waals surface area contributed by atoms with Gasteiger partial charge in [0.15, 0.2) is 0 Å². The van der Waals surface area contributed by atoms with Crippen molar-refractivity contribution in [1.82, 2.24) is 0 Å². The van der Waals surface area contributed by atoms with Crippen LogP contribution in [0.25, 0.3) is 0 Å². The van der Waals surface area contributed by atoms with E-state index in [4.69, 9.17) is 5.26 Å². The second-order valence-electron chi connectivity index (χ2n) is 2.85. The lowest BCUT2D eigenvalue weighted by molar-refractivity contribution is -0.142. The minimum absolute atomic E-state index is 0.149. The molecule has 72 valence electrons. The lowest BCUT2D eigenvalue weighted by atomic mass is 9.97. The van der Waals surface area contributed by atoms with E-state index in [1.165, 1.54) is 7.11 Å². The molecule has 0 N–H and O–H groups in total. The number of methoxy groups -OCH3 is 1. The molecule has 0 aliphatic rings. The van der Waals surface area contributed by atoms with Crippen molar-refractivity contribution in [2.45, 2.75) is 12.3 Å². The third-order valence-electron chi connectivity index (χ3n) is 1.98. The Morgan fingerprint density at radius 2 is 2.14 bits per heavy atom. The van der Waals surface area contributed by atoms with Gasteiger partial charge in [-0.1, -0.05) is 30.3 Å². The van der Waals surface area contributed by atoms with E-state index in [1.807, 2.05) is 36.4 Å². The Kier molecular flexibility index (Phi) is 3.69. The maximum Gasteiger partial charge on any atom is 0.314 e. The fourth-order valence-corrected chi connectivity index (χ4v) is 1.26. The van der Waals surface area contributed by atoms with E-state index in [9.17, 15) is 4.79 Å². The first kappa shape index (κ1) is 10.3. The third kappa shape index (κ3) is 2.33. The van der Waals surface area contributed by atoms with Crippen LogP contribution in [0.5, 0.6) is 0 Å². The summed E-state index contributed by atoms with van der Waals surface area (Å²) in [5.74, 6) is -0.830. The smallest absolute Gasteiger partial charge is 0.314 e. The molecule has 0 heterocycles. The van der Waals surface area contributed by atoms with E-state index >= 15 is 0 Å².